The summed E-state index contributed by atoms with van der Waals surface area (Å²) >= 11 is 0. The number of carboxylic acids is 1. The molecule has 0 bridgehead atoms. The Labute approximate surface area is 165 Å². The predicted molar refractivity (Wildman–Crippen MR) is 111 cm³/mol. The Morgan fingerprint density at radius 3 is 1.85 bits per heavy atom. The molecule has 0 saturated heterocycles. The van der Waals surface area contributed by atoms with Crippen LogP contribution in [-0.4, -0.2) is 24.3 Å². The average molecular weight is 379 g/mol. The van der Waals surface area contributed by atoms with Crippen LogP contribution in [0, 0.1) is 11.8 Å². The van der Waals surface area contributed by atoms with Crippen molar-refractivity contribution >= 4 is 5.97 Å². The van der Waals surface area contributed by atoms with Crippen LogP contribution >= 0.6 is 0 Å². The van der Waals surface area contributed by atoms with Gasteiger partial charge in [0.1, 0.15) is 0 Å². The summed E-state index contributed by atoms with van der Waals surface area (Å²) in [5, 5.41) is 9.30. The second-order valence-corrected chi connectivity index (χ2v) is 7.42. The van der Waals surface area contributed by atoms with Crippen LogP contribution in [0.4, 0.5) is 0 Å². The topological polar surface area (TPSA) is 55.8 Å². The van der Waals surface area contributed by atoms with Gasteiger partial charge in [0.2, 0.25) is 0 Å². The summed E-state index contributed by atoms with van der Waals surface area (Å²) in [6.45, 7) is 10.0. The molecule has 1 rings (SSSR count). The minimum Gasteiger partial charge on any atom is -0.489 e. The highest BCUT2D eigenvalue weighted by atomic mass is 16.5. The largest absolute Gasteiger partial charge is 0.489 e. The minimum atomic E-state index is -0.946. The molecule has 2 atom stereocenters. The van der Waals surface area contributed by atoms with Gasteiger partial charge in [0.05, 0.1) is 18.8 Å². The van der Waals surface area contributed by atoms with Crippen LogP contribution in [0.15, 0.2) is 18.2 Å². The number of hydrogen-bond acceptors (Lipinski definition) is 3. The van der Waals surface area contributed by atoms with Gasteiger partial charge in [-0.2, -0.15) is 0 Å². The van der Waals surface area contributed by atoms with E-state index >= 15 is 0 Å². The van der Waals surface area contributed by atoms with Gasteiger partial charge in [-0.05, 0) is 42.9 Å². The molecule has 154 valence electrons. The predicted octanol–water partition coefficient (Wildman–Crippen LogP) is 6.58. The first-order chi connectivity index (χ1) is 13.0. The second-order valence-electron chi connectivity index (χ2n) is 7.42. The van der Waals surface area contributed by atoms with Crippen LogP contribution in [0.3, 0.4) is 0 Å². The average Bonchev–Trinajstić information content (AvgIpc) is 2.68. The molecule has 0 heterocycles. The monoisotopic (exact) mass is 378 g/mol. The van der Waals surface area contributed by atoms with Gasteiger partial charge in [0, 0.05) is 0 Å². The molecule has 4 nitrogen and oxygen atoms in total. The first kappa shape index (κ1) is 23.3. The molecule has 0 aromatic heterocycles. The third kappa shape index (κ3) is 8.68. The fraction of sp³-hybridized carbons (Fsp3) is 0.696. The number of aromatic carboxylic acids is 1. The molecule has 2 unspecified atom stereocenters. The van der Waals surface area contributed by atoms with Crippen LogP contribution in [0.1, 0.15) is 89.4 Å². The summed E-state index contributed by atoms with van der Waals surface area (Å²) in [4.78, 5) is 11.3. The number of carboxylic acid groups (broad SMARTS) is 1. The number of rotatable bonds is 15. The summed E-state index contributed by atoms with van der Waals surface area (Å²) < 4.78 is 12.1. The lowest BCUT2D eigenvalue weighted by molar-refractivity contribution is 0.0696. The molecule has 0 aliphatic heterocycles. The molecule has 1 N–H and O–H groups in total. The second kappa shape index (κ2) is 13.5. The smallest absolute Gasteiger partial charge is 0.335 e. The molecule has 0 aliphatic rings. The fourth-order valence-electron chi connectivity index (χ4n) is 3.08. The number of ether oxygens (including phenoxy) is 2. The van der Waals surface area contributed by atoms with E-state index in [4.69, 9.17) is 9.47 Å². The van der Waals surface area contributed by atoms with Gasteiger partial charge in [-0.15, -0.1) is 0 Å². The van der Waals surface area contributed by atoms with Crippen molar-refractivity contribution in [2.24, 2.45) is 11.8 Å². The normalized spacial score (nSPS) is 13.2. The van der Waals surface area contributed by atoms with E-state index in [0.717, 1.165) is 25.7 Å². The molecule has 0 amide bonds. The number of unbranched alkanes of at least 4 members (excludes halogenated alkanes) is 2. The van der Waals surface area contributed by atoms with Gasteiger partial charge < -0.3 is 14.6 Å². The molecule has 0 fully saturated rings. The lowest BCUT2D eigenvalue weighted by Crippen LogP contribution is -2.14. The lowest BCUT2D eigenvalue weighted by Gasteiger charge is -2.20. The Bertz CT molecular complexity index is 541. The van der Waals surface area contributed by atoms with Crippen LogP contribution < -0.4 is 9.47 Å². The van der Waals surface area contributed by atoms with Gasteiger partial charge in [-0.25, -0.2) is 4.79 Å². The van der Waals surface area contributed by atoms with Crippen molar-refractivity contribution in [3.05, 3.63) is 23.8 Å². The van der Waals surface area contributed by atoms with E-state index in [1.807, 2.05) is 0 Å². The molecule has 1 aromatic rings. The molecule has 0 radical (unpaired) electrons. The minimum absolute atomic E-state index is 0.233. The van der Waals surface area contributed by atoms with Crippen molar-refractivity contribution in [3.63, 3.8) is 0 Å². The number of hydrogen-bond donors (Lipinski definition) is 1. The zero-order chi connectivity index (χ0) is 20.1. The van der Waals surface area contributed by atoms with E-state index in [0.29, 0.717) is 36.5 Å². The van der Waals surface area contributed by atoms with E-state index in [1.54, 1.807) is 18.2 Å². The van der Waals surface area contributed by atoms with E-state index in [9.17, 15) is 9.90 Å². The number of carbonyl (C=O) groups is 1. The van der Waals surface area contributed by atoms with Gasteiger partial charge in [0.15, 0.2) is 11.5 Å². The van der Waals surface area contributed by atoms with E-state index < -0.39 is 5.97 Å². The van der Waals surface area contributed by atoms with Crippen molar-refractivity contribution in [3.8, 4) is 11.5 Å². The van der Waals surface area contributed by atoms with Crippen LogP contribution in [-0.2, 0) is 0 Å². The van der Waals surface area contributed by atoms with E-state index in [2.05, 4.69) is 27.7 Å². The van der Waals surface area contributed by atoms with Crippen molar-refractivity contribution < 1.29 is 19.4 Å². The quantitative estimate of drug-likeness (QED) is 0.375. The van der Waals surface area contributed by atoms with Crippen LogP contribution in [0.2, 0.25) is 0 Å². The SMILES string of the molecule is CCCCC(CC)COc1ccc(C(=O)O)cc1OCC(CC)CCCC. The summed E-state index contributed by atoms with van der Waals surface area (Å²) in [7, 11) is 0. The van der Waals surface area contributed by atoms with Crippen molar-refractivity contribution in [2.45, 2.75) is 79.1 Å². The molecular formula is C23H38O4. The van der Waals surface area contributed by atoms with Gasteiger partial charge >= 0.3 is 5.97 Å². The van der Waals surface area contributed by atoms with Crippen LogP contribution in [0.5, 0.6) is 11.5 Å². The van der Waals surface area contributed by atoms with Gasteiger partial charge in [-0.3, -0.25) is 0 Å². The Kier molecular flexibility index (Phi) is 11.6. The van der Waals surface area contributed by atoms with Crippen molar-refractivity contribution in [1.82, 2.24) is 0 Å². The first-order valence-electron chi connectivity index (χ1n) is 10.7. The van der Waals surface area contributed by atoms with Gasteiger partial charge in [0.25, 0.3) is 0 Å². The lowest BCUT2D eigenvalue weighted by atomic mass is 10.0. The summed E-state index contributed by atoms with van der Waals surface area (Å²) in [6, 6.07) is 4.92. The van der Waals surface area contributed by atoms with Crippen molar-refractivity contribution in [1.29, 1.82) is 0 Å². The molecule has 0 saturated carbocycles. The van der Waals surface area contributed by atoms with E-state index in [1.165, 1.54) is 25.7 Å². The standard InChI is InChI=1S/C23H38O4/c1-5-9-11-18(7-3)16-26-21-14-13-20(23(24)25)15-22(21)27-17-19(8-4)12-10-6-2/h13-15,18-19H,5-12,16-17H2,1-4H3,(H,24,25). The highest BCUT2D eigenvalue weighted by Gasteiger charge is 2.15. The molecule has 0 aliphatic carbocycles. The Morgan fingerprint density at radius 1 is 0.889 bits per heavy atom. The molecular weight excluding hydrogens is 340 g/mol. The molecule has 0 spiro atoms. The Hall–Kier alpha value is -1.71. The maximum Gasteiger partial charge on any atom is 0.335 e. The van der Waals surface area contributed by atoms with Crippen molar-refractivity contribution in [2.75, 3.05) is 13.2 Å². The summed E-state index contributed by atoms with van der Waals surface area (Å²) in [6.07, 6.45) is 9.20. The molecule has 4 heteroatoms. The summed E-state index contributed by atoms with van der Waals surface area (Å²) in [5.41, 5.74) is 0.233. The molecule has 27 heavy (non-hydrogen) atoms. The third-order valence-electron chi connectivity index (χ3n) is 5.23. The summed E-state index contributed by atoms with van der Waals surface area (Å²) in [5.74, 6) is 1.26. The highest BCUT2D eigenvalue weighted by molar-refractivity contribution is 5.88. The fourth-order valence-corrected chi connectivity index (χ4v) is 3.08. The van der Waals surface area contributed by atoms with Gasteiger partial charge in [-0.1, -0.05) is 66.2 Å². The maximum absolute atomic E-state index is 11.3. The third-order valence-corrected chi connectivity index (χ3v) is 5.23. The van der Waals surface area contributed by atoms with E-state index in [-0.39, 0.29) is 5.56 Å². The maximum atomic E-state index is 11.3. The first-order valence-corrected chi connectivity index (χ1v) is 10.7. The number of benzene rings is 1. The molecule has 1 aromatic carbocycles. The zero-order valence-corrected chi connectivity index (χ0v) is 17.6. The Balaban J connectivity index is 2.81. The van der Waals surface area contributed by atoms with Crippen LogP contribution in [0.25, 0.3) is 0 Å². The zero-order valence-electron chi connectivity index (χ0n) is 17.6. The Morgan fingerprint density at radius 2 is 1.41 bits per heavy atom. The highest BCUT2D eigenvalue weighted by Crippen LogP contribution is 2.30.